The van der Waals surface area contributed by atoms with Crippen molar-refractivity contribution in [2.24, 2.45) is 0 Å². The highest BCUT2D eigenvalue weighted by Crippen LogP contribution is 2.23. The van der Waals surface area contributed by atoms with Gasteiger partial charge in [0.15, 0.2) is 0 Å². The average Bonchev–Trinajstić information content (AvgIpc) is 2.60. The summed E-state index contributed by atoms with van der Waals surface area (Å²) in [6, 6.07) is 12.7. The number of anilines is 1. The van der Waals surface area contributed by atoms with Crippen molar-refractivity contribution in [2.75, 3.05) is 18.9 Å². The zero-order chi connectivity index (χ0) is 17.4. The van der Waals surface area contributed by atoms with E-state index in [2.05, 4.69) is 10.3 Å². The molecule has 0 aliphatic heterocycles. The lowest BCUT2D eigenvalue weighted by Crippen LogP contribution is -2.26. The van der Waals surface area contributed by atoms with Crippen LogP contribution in [0.3, 0.4) is 0 Å². The molecule has 0 saturated heterocycles. The van der Waals surface area contributed by atoms with Gasteiger partial charge >= 0.3 is 5.97 Å². The minimum Gasteiger partial charge on any atom is -0.466 e. The topological polar surface area (TPSA) is 94.3 Å². The standard InChI is InChI=1S/C18H21N3O3/c1-2-24-16(22)9-6-12-20-18(23)15-11-10-14(19)17(21-15)13-7-4-3-5-8-13/h3-5,7-8,10-11H,2,6,9,12,19H2,1H3,(H,20,23). The molecule has 1 aromatic heterocycles. The van der Waals surface area contributed by atoms with Crippen LogP contribution >= 0.6 is 0 Å². The minimum atomic E-state index is -0.295. The molecule has 1 heterocycles. The summed E-state index contributed by atoms with van der Waals surface area (Å²) in [6.07, 6.45) is 0.795. The third kappa shape index (κ3) is 4.81. The molecule has 0 aliphatic rings. The summed E-state index contributed by atoms with van der Waals surface area (Å²) in [6.45, 7) is 2.50. The molecule has 3 N–H and O–H groups in total. The van der Waals surface area contributed by atoms with Gasteiger partial charge in [-0.05, 0) is 25.5 Å². The molecule has 1 amide bonds. The first-order valence-corrected chi connectivity index (χ1v) is 7.87. The number of aromatic nitrogens is 1. The Balaban J connectivity index is 1.97. The number of amides is 1. The largest absolute Gasteiger partial charge is 0.466 e. The predicted octanol–water partition coefficient (Wildman–Crippen LogP) is 2.40. The van der Waals surface area contributed by atoms with Crippen molar-refractivity contribution < 1.29 is 14.3 Å². The van der Waals surface area contributed by atoms with Gasteiger partial charge in [-0.25, -0.2) is 4.98 Å². The van der Waals surface area contributed by atoms with Gasteiger partial charge in [0.1, 0.15) is 5.69 Å². The van der Waals surface area contributed by atoms with Crippen molar-refractivity contribution in [2.45, 2.75) is 19.8 Å². The lowest BCUT2D eigenvalue weighted by Gasteiger charge is -2.09. The Morgan fingerprint density at radius 3 is 2.62 bits per heavy atom. The van der Waals surface area contributed by atoms with E-state index in [1.807, 2.05) is 30.3 Å². The first kappa shape index (κ1) is 17.5. The van der Waals surface area contributed by atoms with Crippen LogP contribution in [-0.2, 0) is 9.53 Å². The Hall–Kier alpha value is -2.89. The third-order valence-electron chi connectivity index (χ3n) is 3.35. The maximum absolute atomic E-state index is 12.2. The Bertz CT molecular complexity index is 702. The maximum atomic E-state index is 12.2. The molecule has 0 aliphatic carbocycles. The van der Waals surface area contributed by atoms with Gasteiger partial charge in [-0.15, -0.1) is 0 Å². The number of ether oxygens (including phenoxy) is 1. The molecule has 0 fully saturated rings. The van der Waals surface area contributed by atoms with Gasteiger partial charge in [0.25, 0.3) is 5.91 Å². The second-order valence-electron chi connectivity index (χ2n) is 5.16. The fraction of sp³-hybridized carbons (Fsp3) is 0.278. The molecule has 0 saturated carbocycles. The Morgan fingerprint density at radius 1 is 1.17 bits per heavy atom. The molecule has 2 aromatic rings. The van der Waals surface area contributed by atoms with E-state index in [1.54, 1.807) is 19.1 Å². The van der Waals surface area contributed by atoms with Gasteiger partial charge in [-0.2, -0.15) is 0 Å². The molecule has 0 spiro atoms. The van der Waals surface area contributed by atoms with Gasteiger partial charge < -0.3 is 15.8 Å². The van der Waals surface area contributed by atoms with E-state index in [0.29, 0.717) is 36.6 Å². The molecule has 126 valence electrons. The number of hydrogen-bond acceptors (Lipinski definition) is 5. The summed E-state index contributed by atoms with van der Waals surface area (Å²) < 4.78 is 4.83. The summed E-state index contributed by atoms with van der Waals surface area (Å²) in [7, 11) is 0. The molecule has 0 radical (unpaired) electrons. The van der Waals surface area contributed by atoms with Gasteiger partial charge in [0, 0.05) is 18.5 Å². The summed E-state index contributed by atoms with van der Waals surface area (Å²) in [5, 5.41) is 2.74. The number of carbonyl (C=O) groups is 2. The number of esters is 1. The van der Waals surface area contributed by atoms with Crippen LogP contribution in [-0.4, -0.2) is 30.0 Å². The zero-order valence-corrected chi connectivity index (χ0v) is 13.6. The summed E-state index contributed by atoms with van der Waals surface area (Å²) in [4.78, 5) is 27.8. The number of pyridine rings is 1. The molecule has 1 aromatic carbocycles. The lowest BCUT2D eigenvalue weighted by atomic mass is 10.1. The number of nitrogen functional groups attached to an aromatic ring is 1. The molecular weight excluding hydrogens is 306 g/mol. The average molecular weight is 327 g/mol. The van der Waals surface area contributed by atoms with E-state index in [0.717, 1.165) is 5.56 Å². The third-order valence-corrected chi connectivity index (χ3v) is 3.35. The van der Waals surface area contributed by atoms with E-state index in [-0.39, 0.29) is 18.3 Å². The van der Waals surface area contributed by atoms with E-state index < -0.39 is 0 Å². The molecule has 0 atom stereocenters. The van der Waals surface area contributed by atoms with E-state index in [9.17, 15) is 9.59 Å². The van der Waals surface area contributed by atoms with Crippen LogP contribution in [0, 0.1) is 0 Å². The SMILES string of the molecule is CCOC(=O)CCCNC(=O)c1ccc(N)c(-c2ccccc2)n1. The number of nitrogens with two attached hydrogens (primary N) is 1. The van der Waals surface area contributed by atoms with E-state index in [4.69, 9.17) is 10.5 Å². The van der Waals surface area contributed by atoms with Gasteiger partial charge in [-0.3, -0.25) is 9.59 Å². The van der Waals surface area contributed by atoms with Crippen LogP contribution in [0.15, 0.2) is 42.5 Å². The van der Waals surface area contributed by atoms with Gasteiger partial charge in [0.2, 0.25) is 0 Å². The number of rotatable bonds is 7. The Morgan fingerprint density at radius 2 is 1.92 bits per heavy atom. The summed E-state index contributed by atoms with van der Waals surface area (Å²) in [5.41, 5.74) is 8.20. The summed E-state index contributed by atoms with van der Waals surface area (Å²) >= 11 is 0. The van der Waals surface area contributed by atoms with E-state index in [1.165, 1.54) is 0 Å². The molecule has 0 bridgehead atoms. The summed E-state index contributed by atoms with van der Waals surface area (Å²) in [5.74, 6) is -0.556. The lowest BCUT2D eigenvalue weighted by molar-refractivity contribution is -0.143. The van der Waals surface area contributed by atoms with Crippen molar-refractivity contribution in [3.8, 4) is 11.3 Å². The van der Waals surface area contributed by atoms with Crippen molar-refractivity contribution in [1.82, 2.24) is 10.3 Å². The number of nitrogens with zero attached hydrogens (tertiary/aromatic N) is 1. The van der Waals surface area contributed by atoms with Crippen molar-refractivity contribution in [1.29, 1.82) is 0 Å². The first-order chi connectivity index (χ1) is 11.6. The zero-order valence-electron chi connectivity index (χ0n) is 13.6. The Labute approximate surface area is 141 Å². The van der Waals surface area contributed by atoms with Crippen LogP contribution in [0.1, 0.15) is 30.3 Å². The van der Waals surface area contributed by atoms with Crippen molar-refractivity contribution in [3.63, 3.8) is 0 Å². The number of nitrogens with one attached hydrogen (secondary N) is 1. The van der Waals surface area contributed by atoms with Gasteiger partial charge in [-0.1, -0.05) is 30.3 Å². The monoisotopic (exact) mass is 327 g/mol. The van der Waals surface area contributed by atoms with E-state index >= 15 is 0 Å². The smallest absolute Gasteiger partial charge is 0.305 e. The fourth-order valence-electron chi connectivity index (χ4n) is 2.18. The molecule has 0 unspecified atom stereocenters. The highest BCUT2D eigenvalue weighted by atomic mass is 16.5. The minimum absolute atomic E-state index is 0.260. The van der Waals surface area contributed by atoms with Crippen molar-refractivity contribution in [3.05, 3.63) is 48.2 Å². The van der Waals surface area contributed by atoms with Crippen LogP contribution in [0.5, 0.6) is 0 Å². The highest BCUT2D eigenvalue weighted by Gasteiger charge is 2.11. The molecule has 6 heteroatoms. The van der Waals surface area contributed by atoms with Crippen LogP contribution in [0.2, 0.25) is 0 Å². The normalized spacial score (nSPS) is 10.2. The van der Waals surface area contributed by atoms with Crippen LogP contribution < -0.4 is 11.1 Å². The van der Waals surface area contributed by atoms with Crippen LogP contribution in [0.4, 0.5) is 5.69 Å². The predicted molar refractivity (Wildman–Crippen MR) is 92.3 cm³/mol. The maximum Gasteiger partial charge on any atom is 0.305 e. The number of hydrogen-bond donors (Lipinski definition) is 2. The second kappa shape index (κ2) is 8.67. The number of carbonyl (C=O) groups excluding carboxylic acids is 2. The number of benzene rings is 1. The fourth-order valence-corrected chi connectivity index (χ4v) is 2.18. The van der Waals surface area contributed by atoms with Crippen molar-refractivity contribution >= 4 is 17.6 Å². The molecule has 6 nitrogen and oxygen atoms in total. The molecule has 24 heavy (non-hydrogen) atoms. The van der Waals surface area contributed by atoms with Crippen LogP contribution in [0.25, 0.3) is 11.3 Å². The second-order valence-corrected chi connectivity index (χ2v) is 5.16. The van der Waals surface area contributed by atoms with Gasteiger partial charge in [0.05, 0.1) is 18.0 Å². The highest BCUT2D eigenvalue weighted by molar-refractivity contribution is 5.93. The molecular formula is C18H21N3O3. The molecule has 2 rings (SSSR count). The first-order valence-electron chi connectivity index (χ1n) is 7.87. The quantitative estimate of drug-likeness (QED) is 0.601. The Kier molecular flexibility index (Phi) is 6.31.